The Morgan fingerprint density at radius 2 is 1.80 bits per heavy atom. The summed E-state index contributed by atoms with van der Waals surface area (Å²) in [5, 5.41) is 3.07. The summed E-state index contributed by atoms with van der Waals surface area (Å²) >= 11 is 0. The SMILES string of the molecule is CCc1ccc(NC(=O)[C@@H]2c3cc(OC)c(OC)cc3C(=O)N3CCCC[C@@H]23)cc1. The molecule has 0 aromatic heterocycles. The zero-order chi connectivity index (χ0) is 21.3. The number of benzene rings is 2. The Labute approximate surface area is 177 Å². The summed E-state index contributed by atoms with van der Waals surface area (Å²) in [6, 6.07) is 11.3. The molecule has 2 aromatic carbocycles. The van der Waals surface area contributed by atoms with Crippen LogP contribution >= 0.6 is 0 Å². The standard InChI is InChI=1S/C24H28N2O4/c1-4-15-8-10-16(11-9-15)25-23(27)22-17-13-20(29-2)21(30-3)14-18(17)24(28)26-12-6-5-7-19(22)26/h8-11,13-14,19,22H,4-7,12H2,1-3H3,(H,25,27)/t19-,22+/m0/s1. The van der Waals surface area contributed by atoms with Gasteiger partial charge in [0.05, 0.1) is 20.1 Å². The van der Waals surface area contributed by atoms with Gasteiger partial charge in [-0.2, -0.15) is 0 Å². The summed E-state index contributed by atoms with van der Waals surface area (Å²) in [7, 11) is 3.11. The third-order valence-corrected chi connectivity index (χ3v) is 6.23. The summed E-state index contributed by atoms with van der Waals surface area (Å²) in [5.41, 5.74) is 3.21. The number of aryl methyl sites for hydroxylation is 1. The summed E-state index contributed by atoms with van der Waals surface area (Å²) in [4.78, 5) is 28.6. The van der Waals surface area contributed by atoms with Gasteiger partial charge in [0.15, 0.2) is 11.5 Å². The minimum atomic E-state index is -0.455. The number of anilines is 1. The van der Waals surface area contributed by atoms with Crippen molar-refractivity contribution < 1.29 is 19.1 Å². The average Bonchev–Trinajstić information content (AvgIpc) is 2.79. The smallest absolute Gasteiger partial charge is 0.254 e. The van der Waals surface area contributed by atoms with E-state index in [2.05, 4.69) is 12.2 Å². The Kier molecular flexibility index (Phi) is 5.66. The van der Waals surface area contributed by atoms with Gasteiger partial charge in [0.25, 0.3) is 5.91 Å². The van der Waals surface area contributed by atoms with Crippen molar-refractivity contribution in [2.24, 2.45) is 0 Å². The quantitative estimate of drug-likeness (QED) is 0.812. The maximum atomic E-state index is 13.5. The second kappa shape index (κ2) is 8.38. The summed E-state index contributed by atoms with van der Waals surface area (Å²) in [6.45, 7) is 2.77. The fourth-order valence-corrected chi connectivity index (χ4v) is 4.62. The van der Waals surface area contributed by atoms with E-state index in [1.165, 1.54) is 5.56 Å². The fraction of sp³-hybridized carbons (Fsp3) is 0.417. The van der Waals surface area contributed by atoms with E-state index in [0.29, 0.717) is 29.2 Å². The topological polar surface area (TPSA) is 67.9 Å². The molecule has 4 rings (SSSR count). The molecule has 0 saturated carbocycles. The molecular weight excluding hydrogens is 380 g/mol. The third-order valence-electron chi connectivity index (χ3n) is 6.23. The predicted molar refractivity (Wildman–Crippen MR) is 115 cm³/mol. The van der Waals surface area contributed by atoms with Gasteiger partial charge < -0.3 is 19.7 Å². The highest BCUT2D eigenvalue weighted by Gasteiger charge is 2.44. The summed E-state index contributed by atoms with van der Waals surface area (Å²) < 4.78 is 10.9. The fourth-order valence-electron chi connectivity index (χ4n) is 4.62. The molecule has 2 aliphatic rings. The second-order valence-electron chi connectivity index (χ2n) is 7.87. The van der Waals surface area contributed by atoms with Gasteiger partial charge >= 0.3 is 0 Å². The number of amides is 2. The van der Waals surface area contributed by atoms with E-state index in [4.69, 9.17) is 9.47 Å². The number of nitrogens with zero attached hydrogens (tertiary/aromatic N) is 1. The van der Waals surface area contributed by atoms with Crippen LogP contribution in [0, 0.1) is 0 Å². The molecule has 6 heteroatoms. The van der Waals surface area contributed by atoms with Crippen LogP contribution in [0.5, 0.6) is 11.5 Å². The van der Waals surface area contributed by atoms with Gasteiger partial charge in [0.2, 0.25) is 5.91 Å². The van der Waals surface area contributed by atoms with Crippen molar-refractivity contribution in [2.45, 2.75) is 44.6 Å². The van der Waals surface area contributed by atoms with Gasteiger partial charge in [-0.15, -0.1) is 0 Å². The number of rotatable bonds is 5. The molecule has 1 N–H and O–H groups in total. The zero-order valence-electron chi connectivity index (χ0n) is 17.7. The van der Waals surface area contributed by atoms with Crippen molar-refractivity contribution in [1.29, 1.82) is 0 Å². The van der Waals surface area contributed by atoms with Crippen molar-refractivity contribution >= 4 is 17.5 Å². The monoisotopic (exact) mass is 408 g/mol. The number of nitrogens with one attached hydrogen (secondary N) is 1. The van der Waals surface area contributed by atoms with Crippen LogP contribution in [-0.4, -0.2) is 43.5 Å². The van der Waals surface area contributed by atoms with Crippen molar-refractivity contribution in [1.82, 2.24) is 4.90 Å². The van der Waals surface area contributed by atoms with Gasteiger partial charge in [-0.3, -0.25) is 9.59 Å². The number of methoxy groups -OCH3 is 2. The van der Waals surface area contributed by atoms with E-state index in [0.717, 1.165) is 31.4 Å². The molecule has 2 amide bonds. The van der Waals surface area contributed by atoms with E-state index in [1.807, 2.05) is 29.2 Å². The lowest BCUT2D eigenvalue weighted by atomic mass is 9.78. The molecule has 1 fully saturated rings. The largest absolute Gasteiger partial charge is 0.493 e. The van der Waals surface area contributed by atoms with E-state index < -0.39 is 5.92 Å². The van der Waals surface area contributed by atoms with Crippen molar-refractivity contribution in [3.8, 4) is 11.5 Å². The Morgan fingerprint density at radius 3 is 2.47 bits per heavy atom. The Hall–Kier alpha value is -3.02. The molecule has 2 aromatic rings. The van der Waals surface area contributed by atoms with Gasteiger partial charge in [0, 0.05) is 23.8 Å². The van der Waals surface area contributed by atoms with Crippen molar-refractivity contribution in [3.63, 3.8) is 0 Å². The molecule has 158 valence electrons. The number of carbonyl (C=O) groups excluding carboxylic acids is 2. The van der Waals surface area contributed by atoms with Gasteiger partial charge in [-0.1, -0.05) is 19.1 Å². The molecule has 0 aliphatic carbocycles. The molecule has 1 saturated heterocycles. The van der Waals surface area contributed by atoms with Crippen LogP contribution in [0.25, 0.3) is 0 Å². The normalized spacial score (nSPS) is 20.2. The molecule has 0 unspecified atom stereocenters. The first-order valence-electron chi connectivity index (χ1n) is 10.5. The highest BCUT2D eigenvalue weighted by Crippen LogP contribution is 2.43. The van der Waals surface area contributed by atoms with Crippen molar-refractivity contribution in [3.05, 3.63) is 53.1 Å². The van der Waals surface area contributed by atoms with Gasteiger partial charge in [0.1, 0.15) is 0 Å². The lowest BCUT2D eigenvalue weighted by molar-refractivity contribution is -0.119. The van der Waals surface area contributed by atoms with Crippen LogP contribution in [0.4, 0.5) is 5.69 Å². The van der Waals surface area contributed by atoms with Crippen LogP contribution in [0.1, 0.15) is 53.6 Å². The highest BCUT2D eigenvalue weighted by molar-refractivity contribution is 6.04. The van der Waals surface area contributed by atoms with E-state index in [-0.39, 0.29) is 17.9 Å². The molecule has 0 spiro atoms. The highest BCUT2D eigenvalue weighted by atomic mass is 16.5. The van der Waals surface area contributed by atoms with E-state index >= 15 is 0 Å². The molecule has 0 radical (unpaired) electrons. The average molecular weight is 408 g/mol. The minimum absolute atomic E-state index is 0.0352. The van der Waals surface area contributed by atoms with Crippen LogP contribution in [0.2, 0.25) is 0 Å². The lowest BCUT2D eigenvalue weighted by Crippen LogP contribution is -2.53. The zero-order valence-corrected chi connectivity index (χ0v) is 17.7. The first-order chi connectivity index (χ1) is 14.6. The maximum absolute atomic E-state index is 13.5. The Bertz CT molecular complexity index is 954. The number of hydrogen-bond donors (Lipinski definition) is 1. The Balaban J connectivity index is 1.75. The van der Waals surface area contributed by atoms with E-state index in [1.54, 1.807) is 26.4 Å². The second-order valence-corrected chi connectivity index (χ2v) is 7.87. The molecule has 2 heterocycles. The first kappa shape index (κ1) is 20.3. The number of piperidine rings is 1. The first-order valence-corrected chi connectivity index (χ1v) is 10.5. The molecule has 30 heavy (non-hydrogen) atoms. The van der Waals surface area contributed by atoms with Crippen molar-refractivity contribution in [2.75, 3.05) is 26.1 Å². The van der Waals surface area contributed by atoms with E-state index in [9.17, 15) is 9.59 Å². The number of carbonyl (C=O) groups is 2. The summed E-state index contributed by atoms with van der Waals surface area (Å²) in [5.74, 6) is 0.431. The number of fused-ring (bicyclic) bond motifs is 2. The number of hydrogen-bond acceptors (Lipinski definition) is 4. The van der Waals surface area contributed by atoms with Crippen LogP contribution in [-0.2, 0) is 11.2 Å². The maximum Gasteiger partial charge on any atom is 0.254 e. The number of ether oxygens (including phenoxy) is 2. The summed E-state index contributed by atoms with van der Waals surface area (Å²) in [6.07, 6.45) is 3.72. The molecule has 2 aliphatic heterocycles. The van der Waals surface area contributed by atoms with Crippen LogP contribution in [0.15, 0.2) is 36.4 Å². The van der Waals surface area contributed by atoms with Gasteiger partial charge in [-0.05, 0) is 61.1 Å². The van der Waals surface area contributed by atoms with Crippen LogP contribution < -0.4 is 14.8 Å². The third kappa shape index (κ3) is 3.51. The molecule has 2 atom stereocenters. The molecular formula is C24H28N2O4. The van der Waals surface area contributed by atoms with Crippen LogP contribution in [0.3, 0.4) is 0 Å². The molecule has 6 nitrogen and oxygen atoms in total. The van der Waals surface area contributed by atoms with Gasteiger partial charge in [-0.25, -0.2) is 0 Å². The molecule has 0 bridgehead atoms. The Morgan fingerprint density at radius 1 is 1.10 bits per heavy atom. The lowest BCUT2D eigenvalue weighted by Gasteiger charge is -2.44. The predicted octanol–water partition coefficient (Wildman–Crippen LogP) is 4.00. The minimum Gasteiger partial charge on any atom is -0.493 e.